The lowest BCUT2D eigenvalue weighted by atomic mass is 9.95. The van der Waals surface area contributed by atoms with Gasteiger partial charge in [0.05, 0.1) is 12.0 Å². The van der Waals surface area contributed by atoms with Crippen LogP contribution in [-0.4, -0.2) is 27.7 Å². The van der Waals surface area contributed by atoms with Crippen molar-refractivity contribution in [1.29, 1.82) is 0 Å². The molecule has 122 valence electrons. The van der Waals surface area contributed by atoms with Crippen molar-refractivity contribution in [2.45, 2.75) is 44.1 Å². The van der Waals surface area contributed by atoms with Gasteiger partial charge in [0.15, 0.2) is 0 Å². The summed E-state index contributed by atoms with van der Waals surface area (Å²) in [6.07, 6.45) is 6.62. The van der Waals surface area contributed by atoms with Gasteiger partial charge in [-0.2, -0.15) is 4.98 Å². The van der Waals surface area contributed by atoms with Crippen LogP contribution in [0.2, 0.25) is 5.02 Å². The van der Waals surface area contributed by atoms with Gasteiger partial charge in [0.1, 0.15) is 6.34 Å². The molecule has 7 heteroatoms. The second-order valence-electron chi connectivity index (χ2n) is 5.68. The lowest BCUT2D eigenvalue weighted by molar-refractivity contribution is 0.238. The quantitative estimate of drug-likeness (QED) is 0.384. The second-order valence-corrected chi connectivity index (χ2v) is 6.12. The van der Waals surface area contributed by atoms with Crippen LogP contribution in [0.3, 0.4) is 0 Å². The van der Waals surface area contributed by atoms with Crippen LogP contribution in [0, 0.1) is 0 Å². The van der Waals surface area contributed by atoms with Crippen LogP contribution in [0.5, 0.6) is 0 Å². The van der Waals surface area contributed by atoms with Crippen LogP contribution < -0.4 is 5.48 Å². The van der Waals surface area contributed by atoms with Crippen molar-refractivity contribution < 1.29 is 9.73 Å². The summed E-state index contributed by atoms with van der Waals surface area (Å²) in [5, 5.41) is 13.5. The molecule has 2 N–H and O–H groups in total. The van der Waals surface area contributed by atoms with Crippen LogP contribution in [0.1, 0.15) is 43.9 Å². The van der Waals surface area contributed by atoms with Crippen LogP contribution in [0.15, 0.2) is 33.8 Å². The van der Waals surface area contributed by atoms with E-state index in [0.717, 1.165) is 31.2 Å². The Morgan fingerprint density at radius 1 is 1.22 bits per heavy atom. The van der Waals surface area contributed by atoms with Crippen molar-refractivity contribution in [1.82, 2.24) is 15.6 Å². The number of hydroxylamine groups is 1. The molecule has 0 aliphatic heterocycles. The minimum atomic E-state index is 0.0377. The van der Waals surface area contributed by atoms with Crippen LogP contribution in [0.4, 0.5) is 0 Å². The van der Waals surface area contributed by atoms with E-state index in [0.29, 0.717) is 16.7 Å². The van der Waals surface area contributed by atoms with Crippen molar-refractivity contribution in [2.24, 2.45) is 4.99 Å². The highest BCUT2D eigenvalue weighted by molar-refractivity contribution is 6.30. The normalized spacial score (nSPS) is 22.2. The van der Waals surface area contributed by atoms with E-state index < -0.39 is 0 Å². The summed E-state index contributed by atoms with van der Waals surface area (Å²) in [5.74, 6) is 1.25. The van der Waals surface area contributed by atoms with E-state index in [9.17, 15) is 0 Å². The Hall–Kier alpha value is -1.92. The molecule has 1 aliphatic rings. The number of nitrogens with one attached hydrogen (secondary N) is 1. The van der Waals surface area contributed by atoms with Crippen molar-refractivity contribution in [3.05, 3.63) is 35.2 Å². The molecule has 6 nitrogen and oxygen atoms in total. The second kappa shape index (κ2) is 7.57. The molecule has 0 spiro atoms. The van der Waals surface area contributed by atoms with Crippen LogP contribution in [-0.2, 0) is 0 Å². The maximum atomic E-state index is 8.74. The van der Waals surface area contributed by atoms with Crippen molar-refractivity contribution in [3.63, 3.8) is 0 Å². The van der Waals surface area contributed by atoms with Gasteiger partial charge in [0.25, 0.3) is 0 Å². The number of nitrogens with zero attached hydrogens (tertiary/aromatic N) is 3. The molecule has 1 aromatic heterocycles. The summed E-state index contributed by atoms with van der Waals surface area (Å²) in [6, 6.07) is 7.39. The summed E-state index contributed by atoms with van der Waals surface area (Å²) in [4.78, 5) is 8.94. The maximum Gasteiger partial charge on any atom is 0.232 e. The van der Waals surface area contributed by atoms with E-state index in [1.807, 2.05) is 17.6 Å². The summed E-state index contributed by atoms with van der Waals surface area (Å²) in [6.45, 7) is 0. The Bertz CT molecular complexity index is 656. The van der Waals surface area contributed by atoms with Gasteiger partial charge in [-0.1, -0.05) is 36.0 Å². The fourth-order valence-corrected chi connectivity index (χ4v) is 3.11. The van der Waals surface area contributed by atoms with E-state index >= 15 is 0 Å². The number of hydrogen-bond acceptors (Lipinski definition) is 5. The Labute approximate surface area is 139 Å². The standard InChI is InChI=1S/C16H19ClN4O2/c17-12-8-6-11(7-9-12)15-20-16(23-21-15)13-4-2-1-3-5-14(13)18-10-19-22/h6-10,13-14,22H,1-5H2,(H,18,19). The van der Waals surface area contributed by atoms with Crippen molar-refractivity contribution in [3.8, 4) is 11.4 Å². The number of aliphatic imine (C=N–C) groups is 1. The number of rotatable bonds is 4. The highest BCUT2D eigenvalue weighted by Gasteiger charge is 2.29. The van der Waals surface area contributed by atoms with Gasteiger partial charge in [-0.05, 0) is 37.1 Å². The molecule has 1 saturated carbocycles. The largest absolute Gasteiger partial charge is 0.339 e. The SMILES string of the molecule is ONC=NC1CCCCCC1c1nc(-c2ccc(Cl)cc2)no1. The van der Waals surface area contributed by atoms with Gasteiger partial charge in [-0.15, -0.1) is 0 Å². The first-order valence-corrected chi connectivity index (χ1v) is 8.16. The van der Waals surface area contributed by atoms with Crippen LogP contribution in [0.25, 0.3) is 11.4 Å². The molecule has 1 aliphatic carbocycles. The van der Waals surface area contributed by atoms with Gasteiger partial charge >= 0.3 is 0 Å². The smallest absolute Gasteiger partial charge is 0.232 e. The molecule has 1 aromatic carbocycles. The average molecular weight is 335 g/mol. The summed E-state index contributed by atoms with van der Waals surface area (Å²) in [7, 11) is 0. The van der Waals surface area contributed by atoms with Gasteiger partial charge in [-0.25, -0.2) is 0 Å². The minimum Gasteiger partial charge on any atom is -0.339 e. The van der Waals surface area contributed by atoms with E-state index in [-0.39, 0.29) is 12.0 Å². The van der Waals surface area contributed by atoms with Gasteiger partial charge in [0, 0.05) is 10.6 Å². The predicted molar refractivity (Wildman–Crippen MR) is 87.8 cm³/mol. The molecule has 2 atom stereocenters. The lowest BCUT2D eigenvalue weighted by Crippen LogP contribution is -2.18. The van der Waals surface area contributed by atoms with E-state index in [2.05, 4.69) is 15.1 Å². The first-order valence-electron chi connectivity index (χ1n) is 7.79. The summed E-state index contributed by atoms with van der Waals surface area (Å²) >= 11 is 5.91. The zero-order valence-electron chi connectivity index (χ0n) is 12.7. The molecule has 0 saturated heterocycles. The maximum absolute atomic E-state index is 8.74. The summed E-state index contributed by atoms with van der Waals surface area (Å²) in [5.41, 5.74) is 2.84. The van der Waals surface area contributed by atoms with E-state index in [1.165, 1.54) is 12.8 Å². The Morgan fingerprint density at radius 2 is 2.00 bits per heavy atom. The zero-order chi connectivity index (χ0) is 16.1. The third kappa shape index (κ3) is 3.89. The molecule has 1 heterocycles. The molecule has 0 radical (unpaired) electrons. The highest BCUT2D eigenvalue weighted by Crippen LogP contribution is 2.34. The Balaban J connectivity index is 1.84. The number of hydrogen-bond donors (Lipinski definition) is 2. The van der Waals surface area contributed by atoms with E-state index in [1.54, 1.807) is 12.1 Å². The van der Waals surface area contributed by atoms with Crippen molar-refractivity contribution >= 4 is 17.9 Å². The third-order valence-electron chi connectivity index (χ3n) is 4.16. The van der Waals surface area contributed by atoms with Gasteiger partial charge < -0.3 is 4.52 Å². The molecular weight excluding hydrogens is 316 g/mol. The molecule has 23 heavy (non-hydrogen) atoms. The first kappa shape index (κ1) is 16.0. The molecule has 2 unspecified atom stereocenters. The van der Waals surface area contributed by atoms with Gasteiger partial charge in [0.2, 0.25) is 11.7 Å². The topological polar surface area (TPSA) is 83.5 Å². The minimum absolute atomic E-state index is 0.0377. The number of benzene rings is 1. The molecule has 2 aromatic rings. The van der Waals surface area contributed by atoms with Crippen LogP contribution >= 0.6 is 11.6 Å². The molecular formula is C16H19ClN4O2. The summed E-state index contributed by atoms with van der Waals surface area (Å²) < 4.78 is 5.50. The molecule has 3 rings (SSSR count). The number of aromatic nitrogens is 2. The van der Waals surface area contributed by atoms with E-state index in [4.69, 9.17) is 21.3 Å². The lowest BCUT2D eigenvalue weighted by Gasteiger charge is -2.17. The third-order valence-corrected chi connectivity index (χ3v) is 4.42. The number of halogens is 1. The monoisotopic (exact) mass is 334 g/mol. The fraction of sp³-hybridized carbons (Fsp3) is 0.438. The highest BCUT2D eigenvalue weighted by atomic mass is 35.5. The van der Waals surface area contributed by atoms with Gasteiger partial charge in [-0.3, -0.25) is 15.7 Å². The fourth-order valence-electron chi connectivity index (χ4n) is 2.99. The Morgan fingerprint density at radius 3 is 2.78 bits per heavy atom. The Kier molecular flexibility index (Phi) is 5.25. The molecule has 1 fully saturated rings. The first-order chi connectivity index (χ1) is 11.3. The average Bonchev–Trinajstić information content (AvgIpc) is 2.93. The predicted octanol–water partition coefficient (Wildman–Crippen LogP) is 3.81. The van der Waals surface area contributed by atoms with Crippen molar-refractivity contribution in [2.75, 3.05) is 0 Å². The molecule has 0 amide bonds. The zero-order valence-corrected chi connectivity index (χ0v) is 13.4. The molecule has 0 bridgehead atoms.